The van der Waals surface area contributed by atoms with E-state index < -0.39 is 5.51 Å². The first-order valence-electron chi connectivity index (χ1n) is 7.71. The van der Waals surface area contributed by atoms with Crippen LogP contribution in [0.2, 0.25) is 0 Å². The van der Waals surface area contributed by atoms with Crippen LogP contribution in [0.25, 0.3) is 0 Å². The second-order valence-electron chi connectivity index (χ2n) is 6.25. The predicted octanol–water partition coefficient (Wildman–Crippen LogP) is 3.65. The first-order chi connectivity index (χ1) is 10.8. The lowest BCUT2D eigenvalue weighted by atomic mass is 9.98. The van der Waals surface area contributed by atoms with Crippen molar-refractivity contribution in [2.45, 2.75) is 54.2 Å². The van der Waals surface area contributed by atoms with Crippen LogP contribution in [0.5, 0.6) is 0 Å². The summed E-state index contributed by atoms with van der Waals surface area (Å²) < 4.78 is 37.0. The van der Waals surface area contributed by atoms with Gasteiger partial charge in [0.25, 0.3) is 5.91 Å². The minimum Gasteiger partial charge on any atom is -0.339 e. The smallest absolute Gasteiger partial charge is 0.339 e. The molecule has 2 heterocycles. The highest BCUT2D eigenvalue weighted by atomic mass is 32.2. The Hall–Kier alpha value is -1.21. The Bertz CT molecular complexity index is 564. The molecule has 2 atom stereocenters. The normalized spacial score (nSPS) is 27.0. The van der Waals surface area contributed by atoms with Gasteiger partial charge in [0.1, 0.15) is 0 Å². The van der Waals surface area contributed by atoms with Crippen LogP contribution in [0.4, 0.5) is 13.2 Å². The van der Waals surface area contributed by atoms with Gasteiger partial charge in [-0.25, -0.2) is 0 Å². The zero-order valence-electron chi connectivity index (χ0n) is 12.8. The van der Waals surface area contributed by atoms with Crippen LogP contribution >= 0.6 is 11.8 Å². The third kappa shape index (κ3) is 4.01. The Labute approximate surface area is 137 Å². The zero-order valence-corrected chi connectivity index (χ0v) is 13.6. The van der Waals surface area contributed by atoms with Gasteiger partial charge in [-0.3, -0.25) is 4.79 Å². The van der Waals surface area contributed by atoms with E-state index in [0.29, 0.717) is 17.6 Å². The van der Waals surface area contributed by atoms with Crippen molar-refractivity contribution >= 4 is 17.7 Å². The van der Waals surface area contributed by atoms with E-state index in [-0.39, 0.29) is 28.6 Å². The number of alkyl halides is 3. The monoisotopic (exact) mass is 344 g/mol. The maximum Gasteiger partial charge on any atom is 0.446 e. The third-order valence-corrected chi connectivity index (χ3v) is 5.39. The minimum atomic E-state index is -4.31. The molecule has 2 unspecified atom stereocenters. The maximum atomic E-state index is 12.6. The maximum absolute atomic E-state index is 12.6. The topological polar surface area (TPSA) is 32.3 Å². The molecule has 23 heavy (non-hydrogen) atoms. The lowest BCUT2D eigenvalue weighted by Gasteiger charge is -2.35. The van der Waals surface area contributed by atoms with Crippen LogP contribution in [-0.2, 0) is 0 Å². The van der Waals surface area contributed by atoms with Gasteiger partial charge in [-0.05, 0) is 61.7 Å². The van der Waals surface area contributed by atoms with Gasteiger partial charge in [0.05, 0.1) is 0 Å². The molecule has 1 aromatic rings. The first-order valence-corrected chi connectivity index (χ1v) is 8.52. The van der Waals surface area contributed by atoms with Crippen molar-refractivity contribution in [2.24, 2.45) is 0 Å². The molecule has 1 amide bonds. The lowest BCUT2D eigenvalue weighted by molar-refractivity contribution is -0.0328. The summed E-state index contributed by atoms with van der Waals surface area (Å²) in [4.78, 5) is 14.4. The van der Waals surface area contributed by atoms with Crippen molar-refractivity contribution < 1.29 is 18.0 Å². The zero-order chi connectivity index (χ0) is 16.6. The van der Waals surface area contributed by atoms with E-state index in [9.17, 15) is 18.0 Å². The Morgan fingerprint density at radius 2 is 1.74 bits per heavy atom. The molecule has 3 rings (SSSR count). The largest absolute Gasteiger partial charge is 0.446 e. The Balaban J connectivity index is 1.65. The molecule has 2 bridgehead atoms. The van der Waals surface area contributed by atoms with Crippen molar-refractivity contribution in [1.29, 1.82) is 0 Å². The van der Waals surface area contributed by atoms with Crippen LogP contribution in [-0.4, -0.2) is 41.5 Å². The molecule has 1 N–H and O–H groups in total. The van der Waals surface area contributed by atoms with E-state index in [1.807, 2.05) is 0 Å². The number of hydrogen-bond acceptors (Lipinski definition) is 3. The number of thioether (sulfide) groups is 1. The second kappa shape index (κ2) is 6.36. The molecule has 1 aromatic carbocycles. The standard InChI is InChI=1S/C16H19F3N2OS/c1-21(13-8-11-4-5-12(9-13)20-11)15(22)10-2-6-14(7-3-10)23-16(17,18)19/h2-3,6-7,11-13,20H,4-5,8-9H2,1H3. The number of nitrogens with one attached hydrogen (secondary N) is 1. The van der Waals surface area contributed by atoms with Crippen LogP contribution in [0.1, 0.15) is 36.0 Å². The van der Waals surface area contributed by atoms with Crippen molar-refractivity contribution in [1.82, 2.24) is 10.2 Å². The van der Waals surface area contributed by atoms with E-state index in [0.717, 1.165) is 25.7 Å². The van der Waals surface area contributed by atoms with Gasteiger partial charge in [-0.15, -0.1) is 0 Å². The molecule has 0 spiro atoms. The minimum absolute atomic E-state index is 0.0941. The van der Waals surface area contributed by atoms with E-state index >= 15 is 0 Å². The van der Waals surface area contributed by atoms with Crippen LogP contribution in [0.15, 0.2) is 29.2 Å². The van der Waals surface area contributed by atoms with E-state index in [4.69, 9.17) is 0 Å². The van der Waals surface area contributed by atoms with Crippen LogP contribution < -0.4 is 5.32 Å². The Morgan fingerprint density at radius 3 is 2.26 bits per heavy atom. The molecule has 2 aliphatic rings. The highest BCUT2D eigenvalue weighted by Crippen LogP contribution is 2.37. The van der Waals surface area contributed by atoms with Crippen molar-refractivity contribution in [3.8, 4) is 0 Å². The molecule has 0 saturated carbocycles. The SMILES string of the molecule is CN(C(=O)c1ccc(SC(F)(F)F)cc1)C1CC2CCC(C1)N2. The molecule has 0 radical (unpaired) electrons. The predicted molar refractivity (Wildman–Crippen MR) is 83.4 cm³/mol. The summed E-state index contributed by atoms with van der Waals surface area (Å²) in [5, 5.41) is 3.54. The van der Waals surface area contributed by atoms with E-state index in [1.165, 1.54) is 24.3 Å². The molecular formula is C16H19F3N2OS. The van der Waals surface area contributed by atoms with Crippen molar-refractivity contribution in [3.63, 3.8) is 0 Å². The Kier molecular flexibility index (Phi) is 4.60. The highest BCUT2D eigenvalue weighted by molar-refractivity contribution is 8.00. The van der Waals surface area contributed by atoms with Crippen LogP contribution in [0.3, 0.4) is 0 Å². The quantitative estimate of drug-likeness (QED) is 0.850. The lowest BCUT2D eigenvalue weighted by Crippen LogP contribution is -2.48. The van der Waals surface area contributed by atoms with Crippen molar-refractivity contribution in [2.75, 3.05) is 7.05 Å². The number of nitrogens with zero attached hydrogens (tertiary/aromatic N) is 1. The summed E-state index contributed by atoms with van der Waals surface area (Å²) in [6, 6.07) is 6.83. The molecule has 0 aromatic heterocycles. The van der Waals surface area contributed by atoms with E-state index in [2.05, 4.69) is 5.32 Å². The average Bonchev–Trinajstić information content (AvgIpc) is 2.83. The number of carbonyl (C=O) groups is 1. The molecule has 2 fully saturated rings. The average molecular weight is 344 g/mol. The van der Waals surface area contributed by atoms with Gasteiger partial charge in [-0.1, -0.05) is 0 Å². The van der Waals surface area contributed by atoms with E-state index in [1.54, 1.807) is 11.9 Å². The van der Waals surface area contributed by atoms with Gasteiger partial charge in [0.15, 0.2) is 0 Å². The number of benzene rings is 1. The number of rotatable bonds is 3. The molecule has 2 aliphatic heterocycles. The molecule has 2 saturated heterocycles. The van der Waals surface area contributed by atoms with Gasteiger partial charge in [0.2, 0.25) is 0 Å². The summed E-state index contributed by atoms with van der Waals surface area (Å²) in [5.41, 5.74) is -3.87. The number of hydrogen-bond donors (Lipinski definition) is 1. The fourth-order valence-corrected chi connectivity index (χ4v) is 4.05. The number of amides is 1. The summed E-state index contributed by atoms with van der Waals surface area (Å²) in [5.74, 6) is -0.125. The molecular weight excluding hydrogens is 325 g/mol. The molecule has 3 nitrogen and oxygen atoms in total. The number of piperidine rings is 1. The molecule has 126 valence electrons. The van der Waals surface area contributed by atoms with Crippen LogP contribution in [0, 0.1) is 0 Å². The summed E-state index contributed by atoms with van der Waals surface area (Å²) in [6.07, 6.45) is 4.21. The second-order valence-corrected chi connectivity index (χ2v) is 7.39. The van der Waals surface area contributed by atoms with Gasteiger partial charge in [-0.2, -0.15) is 13.2 Å². The van der Waals surface area contributed by atoms with Gasteiger partial charge >= 0.3 is 5.51 Å². The third-order valence-electron chi connectivity index (χ3n) is 4.65. The number of fused-ring (bicyclic) bond motifs is 2. The fraction of sp³-hybridized carbons (Fsp3) is 0.562. The summed E-state index contributed by atoms with van der Waals surface area (Å²) in [7, 11) is 1.79. The van der Waals surface area contributed by atoms with Gasteiger partial charge < -0.3 is 10.2 Å². The molecule has 0 aliphatic carbocycles. The number of halogens is 3. The number of carbonyl (C=O) groups excluding carboxylic acids is 1. The summed E-state index contributed by atoms with van der Waals surface area (Å²) >= 11 is -0.167. The fourth-order valence-electron chi connectivity index (χ4n) is 3.51. The highest BCUT2D eigenvalue weighted by Gasteiger charge is 2.36. The summed E-state index contributed by atoms with van der Waals surface area (Å²) in [6.45, 7) is 0. The Morgan fingerprint density at radius 1 is 1.17 bits per heavy atom. The van der Waals surface area contributed by atoms with Gasteiger partial charge in [0, 0.05) is 35.6 Å². The first kappa shape index (κ1) is 16.6. The van der Waals surface area contributed by atoms with Crippen molar-refractivity contribution in [3.05, 3.63) is 29.8 Å². The molecule has 7 heteroatoms.